The van der Waals surface area contributed by atoms with Crippen molar-refractivity contribution in [3.63, 3.8) is 0 Å². The molecule has 0 saturated heterocycles. The second-order valence-electron chi connectivity index (χ2n) is 8.32. The molecule has 1 N–H and O–H groups in total. The molecule has 0 fully saturated rings. The molecule has 0 radical (unpaired) electrons. The molecule has 8 heteroatoms. The molecule has 0 amide bonds. The molecule has 0 aliphatic carbocycles. The molecule has 0 spiro atoms. The highest BCUT2D eigenvalue weighted by molar-refractivity contribution is 6.30. The quantitative estimate of drug-likeness (QED) is 0.272. The van der Waals surface area contributed by atoms with Crippen LogP contribution in [0.25, 0.3) is 0 Å². The zero-order valence-corrected chi connectivity index (χ0v) is 19.6. The molecular weight excluding hydrogens is 490 g/mol. The van der Waals surface area contributed by atoms with Crippen LogP contribution in [0, 0.1) is 17.1 Å². The van der Waals surface area contributed by atoms with Crippen LogP contribution in [0.1, 0.15) is 33.5 Å². The average molecular weight is 510 g/mol. The van der Waals surface area contributed by atoms with E-state index in [0.29, 0.717) is 22.3 Å². The third-order valence-corrected chi connectivity index (χ3v) is 6.07. The lowest BCUT2D eigenvalue weighted by Crippen LogP contribution is -2.46. The number of aromatic nitrogens is 1. The molecule has 182 valence electrons. The highest BCUT2D eigenvalue weighted by Gasteiger charge is 2.39. The molecule has 3 aromatic carbocycles. The SMILES string of the molecule is N#Cc1cccc(CNC(Cc2ccccc2)(c2cc(F)cc(C(F)(F)F)c2)c2ccc(Cl)cn2)c1. The van der Waals surface area contributed by atoms with Crippen LogP contribution in [0.3, 0.4) is 0 Å². The molecule has 1 heterocycles. The first-order valence-electron chi connectivity index (χ1n) is 11.0. The monoisotopic (exact) mass is 509 g/mol. The zero-order chi connectivity index (χ0) is 25.8. The molecule has 0 bridgehead atoms. The Kier molecular flexibility index (Phi) is 7.39. The Balaban J connectivity index is 1.93. The zero-order valence-electron chi connectivity index (χ0n) is 18.9. The number of halogens is 5. The summed E-state index contributed by atoms with van der Waals surface area (Å²) in [4.78, 5) is 4.44. The lowest BCUT2D eigenvalue weighted by molar-refractivity contribution is -0.137. The van der Waals surface area contributed by atoms with Crippen LogP contribution in [-0.2, 0) is 24.7 Å². The lowest BCUT2D eigenvalue weighted by Gasteiger charge is -2.36. The highest BCUT2D eigenvalue weighted by atomic mass is 35.5. The number of nitrogens with one attached hydrogen (secondary N) is 1. The molecular formula is C28H20ClF4N3. The van der Waals surface area contributed by atoms with Gasteiger partial charge in [0.25, 0.3) is 0 Å². The third kappa shape index (κ3) is 5.73. The fourth-order valence-corrected chi connectivity index (χ4v) is 4.24. The summed E-state index contributed by atoms with van der Waals surface area (Å²) in [5.74, 6) is -1.01. The maximum atomic E-state index is 14.7. The van der Waals surface area contributed by atoms with E-state index in [9.17, 15) is 22.8 Å². The number of pyridine rings is 1. The number of nitrogens with zero attached hydrogens (tertiary/aromatic N) is 2. The van der Waals surface area contributed by atoms with E-state index in [2.05, 4.69) is 16.4 Å². The first-order chi connectivity index (χ1) is 17.2. The first kappa shape index (κ1) is 25.4. The van der Waals surface area contributed by atoms with Gasteiger partial charge in [0.15, 0.2) is 0 Å². The largest absolute Gasteiger partial charge is 0.416 e. The van der Waals surface area contributed by atoms with Crippen molar-refractivity contribution in [3.05, 3.63) is 135 Å². The van der Waals surface area contributed by atoms with E-state index >= 15 is 0 Å². The van der Waals surface area contributed by atoms with Gasteiger partial charge in [-0.2, -0.15) is 18.4 Å². The summed E-state index contributed by atoms with van der Waals surface area (Å²) in [5, 5.41) is 13.0. The van der Waals surface area contributed by atoms with Gasteiger partial charge in [0.05, 0.1) is 33.5 Å². The van der Waals surface area contributed by atoms with Crippen LogP contribution >= 0.6 is 11.6 Å². The second-order valence-corrected chi connectivity index (χ2v) is 8.76. The van der Waals surface area contributed by atoms with E-state index in [1.54, 1.807) is 36.4 Å². The fraction of sp³-hybridized carbons (Fsp3) is 0.143. The van der Waals surface area contributed by atoms with Crippen molar-refractivity contribution < 1.29 is 17.6 Å². The molecule has 0 aliphatic rings. The third-order valence-electron chi connectivity index (χ3n) is 5.85. The van der Waals surface area contributed by atoms with E-state index in [4.69, 9.17) is 11.6 Å². The summed E-state index contributed by atoms with van der Waals surface area (Å²) in [6, 6.07) is 23.8. The van der Waals surface area contributed by atoms with Gasteiger partial charge in [-0.1, -0.05) is 54.1 Å². The van der Waals surface area contributed by atoms with Crippen molar-refractivity contribution in [2.45, 2.75) is 24.7 Å². The van der Waals surface area contributed by atoms with Crippen LogP contribution in [0.4, 0.5) is 17.6 Å². The summed E-state index contributed by atoms with van der Waals surface area (Å²) in [7, 11) is 0. The molecule has 1 unspecified atom stereocenters. The molecule has 1 atom stereocenters. The smallest absolute Gasteiger partial charge is 0.298 e. The van der Waals surface area contributed by atoms with Gasteiger partial charge in [0.2, 0.25) is 0 Å². The van der Waals surface area contributed by atoms with Gasteiger partial charge in [-0.15, -0.1) is 0 Å². The number of nitriles is 1. The lowest BCUT2D eigenvalue weighted by atomic mass is 9.79. The standard InChI is InChI=1S/C28H20ClF4N3/c29-24-9-10-26(35-18-24)27(15-19-5-2-1-3-6-19,36-17-21-8-4-7-20(11-21)16-34)22-12-23(28(31,32)33)14-25(30)13-22/h1-14,18,36H,15,17H2. The molecule has 4 aromatic rings. The van der Waals surface area contributed by atoms with Crippen molar-refractivity contribution >= 4 is 11.6 Å². The van der Waals surface area contributed by atoms with Crippen LogP contribution in [0.5, 0.6) is 0 Å². The predicted octanol–water partition coefficient (Wildman–Crippen LogP) is 7.04. The van der Waals surface area contributed by atoms with Gasteiger partial charge in [-0.25, -0.2) is 4.39 Å². The Morgan fingerprint density at radius 2 is 1.58 bits per heavy atom. The number of alkyl halides is 3. The molecule has 3 nitrogen and oxygen atoms in total. The van der Waals surface area contributed by atoms with Crippen LogP contribution in [0.15, 0.2) is 91.1 Å². The molecule has 4 rings (SSSR count). The van der Waals surface area contributed by atoms with Crippen molar-refractivity contribution in [3.8, 4) is 6.07 Å². The normalized spacial score (nSPS) is 13.1. The minimum absolute atomic E-state index is 0.0601. The minimum Gasteiger partial charge on any atom is -0.298 e. The maximum Gasteiger partial charge on any atom is 0.416 e. The highest BCUT2D eigenvalue weighted by Crippen LogP contribution is 2.38. The van der Waals surface area contributed by atoms with Gasteiger partial charge in [-0.05, 0) is 59.2 Å². The van der Waals surface area contributed by atoms with Crippen molar-refractivity contribution in [1.82, 2.24) is 10.3 Å². The first-order valence-corrected chi connectivity index (χ1v) is 11.4. The Bertz CT molecular complexity index is 1380. The van der Waals surface area contributed by atoms with E-state index in [-0.39, 0.29) is 18.5 Å². The van der Waals surface area contributed by atoms with Gasteiger partial charge in [-0.3, -0.25) is 10.3 Å². The predicted molar refractivity (Wildman–Crippen MR) is 130 cm³/mol. The Labute approximate surface area is 211 Å². The topological polar surface area (TPSA) is 48.7 Å². The molecule has 36 heavy (non-hydrogen) atoms. The molecule has 0 aliphatic heterocycles. The minimum atomic E-state index is -4.75. The van der Waals surface area contributed by atoms with E-state index < -0.39 is 23.1 Å². The number of hydrogen-bond acceptors (Lipinski definition) is 3. The molecule has 1 aromatic heterocycles. The Morgan fingerprint density at radius 3 is 2.25 bits per heavy atom. The van der Waals surface area contributed by atoms with E-state index in [0.717, 1.165) is 23.3 Å². The Morgan fingerprint density at radius 1 is 0.861 bits per heavy atom. The van der Waals surface area contributed by atoms with Gasteiger partial charge >= 0.3 is 6.18 Å². The maximum absolute atomic E-state index is 14.7. The summed E-state index contributed by atoms with van der Waals surface area (Å²) in [6.45, 7) is 0.171. The van der Waals surface area contributed by atoms with Gasteiger partial charge in [0.1, 0.15) is 5.82 Å². The summed E-state index contributed by atoms with van der Waals surface area (Å²) < 4.78 is 55.8. The van der Waals surface area contributed by atoms with Crippen LogP contribution in [0.2, 0.25) is 5.02 Å². The van der Waals surface area contributed by atoms with E-state index in [1.165, 1.54) is 6.20 Å². The molecule has 0 saturated carbocycles. The van der Waals surface area contributed by atoms with Crippen molar-refractivity contribution in [1.29, 1.82) is 5.26 Å². The van der Waals surface area contributed by atoms with Crippen molar-refractivity contribution in [2.75, 3.05) is 0 Å². The Hall–Kier alpha value is -3.73. The van der Waals surface area contributed by atoms with Crippen LogP contribution < -0.4 is 5.32 Å². The average Bonchev–Trinajstić information content (AvgIpc) is 2.87. The summed E-state index contributed by atoms with van der Waals surface area (Å²) in [6.07, 6.45) is -3.18. The second kappa shape index (κ2) is 10.5. The van der Waals surface area contributed by atoms with Crippen molar-refractivity contribution in [2.24, 2.45) is 0 Å². The van der Waals surface area contributed by atoms with Gasteiger partial charge in [0, 0.05) is 19.2 Å². The van der Waals surface area contributed by atoms with Crippen LogP contribution in [-0.4, -0.2) is 4.98 Å². The number of rotatable bonds is 7. The summed E-state index contributed by atoms with van der Waals surface area (Å²) in [5.41, 5.74) is -0.0691. The summed E-state index contributed by atoms with van der Waals surface area (Å²) >= 11 is 6.06. The van der Waals surface area contributed by atoms with E-state index in [1.807, 2.05) is 30.3 Å². The fourth-order valence-electron chi connectivity index (χ4n) is 4.13. The number of benzene rings is 3. The number of hydrogen-bond donors (Lipinski definition) is 1. The van der Waals surface area contributed by atoms with Gasteiger partial charge < -0.3 is 0 Å².